The summed E-state index contributed by atoms with van der Waals surface area (Å²) in [4.78, 5) is 48.7. The SMILES string of the molecule is CNc1ncnc2c1ncn2C[C@@H]1C[C@](C)(COP(=O)(O)OP(=O)(O)OP(=O)(O)O)C[C@H]1O. The molecule has 0 saturated heterocycles. The summed E-state index contributed by atoms with van der Waals surface area (Å²) < 4.78 is 48.1. The summed E-state index contributed by atoms with van der Waals surface area (Å²) in [6.07, 6.45) is 2.66. The zero-order valence-corrected chi connectivity index (χ0v) is 20.1. The van der Waals surface area contributed by atoms with Crippen LogP contribution in [-0.2, 0) is 33.4 Å². The first kappa shape index (κ1) is 26.3. The number of anilines is 1. The van der Waals surface area contributed by atoms with Gasteiger partial charge in [0.25, 0.3) is 0 Å². The monoisotopic (exact) mass is 531 g/mol. The molecule has 16 nitrogen and oxygen atoms in total. The van der Waals surface area contributed by atoms with E-state index in [-0.39, 0.29) is 12.3 Å². The van der Waals surface area contributed by atoms with Gasteiger partial charge in [0.1, 0.15) is 11.8 Å². The van der Waals surface area contributed by atoms with Gasteiger partial charge in [0.15, 0.2) is 11.5 Å². The molecule has 1 aliphatic carbocycles. The average Bonchev–Trinajstić information content (AvgIpc) is 3.18. The van der Waals surface area contributed by atoms with Crippen LogP contribution in [0, 0.1) is 11.3 Å². The summed E-state index contributed by atoms with van der Waals surface area (Å²) in [6.45, 7) is 1.55. The summed E-state index contributed by atoms with van der Waals surface area (Å²) in [5.41, 5.74) is 0.294. The minimum Gasteiger partial charge on any atom is -0.393 e. The van der Waals surface area contributed by atoms with Crippen molar-refractivity contribution in [1.29, 1.82) is 0 Å². The van der Waals surface area contributed by atoms with E-state index >= 15 is 0 Å². The number of aliphatic hydroxyl groups is 1. The first-order valence-electron chi connectivity index (χ1n) is 9.42. The third-order valence-corrected chi connectivity index (χ3v) is 8.85. The Morgan fingerprint density at radius 3 is 2.45 bits per heavy atom. The topological polar surface area (TPSA) is 236 Å². The van der Waals surface area contributed by atoms with E-state index in [0.29, 0.717) is 29.9 Å². The molecular weight excluding hydrogens is 507 g/mol. The van der Waals surface area contributed by atoms with Crippen LogP contribution in [0.4, 0.5) is 5.82 Å². The van der Waals surface area contributed by atoms with Gasteiger partial charge in [0.2, 0.25) is 0 Å². The van der Waals surface area contributed by atoms with Crippen molar-refractivity contribution in [2.45, 2.75) is 32.4 Å². The van der Waals surface area contributed by atoms with Crippen LogP contribution in [0.25, 0.3) is 11.2 Å². The van der Waals surface area contributed by atoms with Gasteiger partial charge in [-0.05, 0) is 18.3 Å². The number of phosphoric ester groups is 1. The molecule has 19 heteroatoms. The quantitative estimate of drug-likeness (QED) is 0.234. The Morgan fingerprint density at radius 1 is 1.12 bits per heavy atom. The normalized spacial score (nSPS) is 27.4. The van der Waals surface area contributed by atoms with Crippen LogP contribution in [0.1, 0.15) is 19.8 Å². The number of phosphoric acid groups is 3. The van der Waals surface area contributed by atoms with Crippen LogP contribution in [0.3, 0.4) is 0 Å². The number of aliphatic hydroxyl groups excluding tert-OH is 1. The Bertz CT molecular complexity index is 1160. The molecule has 3 rings (SSSR count). The lowest BCUT2D eigenvalue weighted by Gasteiger charge is -2.25. The Hall–Kier alpha value is -1.28. The molecule has 0 bridgehead atoms. The van der Waals surface area contributed by atoms with E-state index in [1.165, 1.54) is 6.33 Å². The van der Waals surface area contributed by atoms with Gasteiger partial charge < -0.3 is 34.6 Å². The van der Waals surface area contributed by atoms with Crippen molar-refractivity contribution in [3.63, 3.8) is 0 Å². The summed E-state index contributed by atoms with van der Waals surface area (Å²) in [5, 5.41) is 13.5. The zero-order chi connectivity index (χ0) is 24.7. The fraction of sp³-hybridized carbons (Fsp3) is 0.643. The molecule has 1 aliphatic rings. The molecule has 5 atom stereocenters. The van der Waals surface area contributed by atoms with E-state index in [2.05, 4.69) is 28.9 Å². The molecule has 0 aromatic carbocycles. The van der Waals surface area contributed by atoms with Crippen LogP contribution in [0.15, 0.2) is 12.7 Å². The maximum absolute atomic E-state index is 12.0. The average molecular weight is 531 g/mol. The molecule has 2 aromatic rings. The Morgan fingerprint density at radius 2 is 1.82 bits per heavy atom. The smallest absolute Gasteiger partial charge is 0.393 e. The molecule has 33 heavy (non-hydrogen) atoms. The molecule has 2 aromatic heterocycles. The predicted octanol–water partition coefficient (Wildman–Crippen LogP) is 0.988. The molecule has 0 aliphatic heterocycles. The molecule has 0 radical (unpaired) electrons. The summed E-state index contributed by atoms with van der Waals surface area (Å²) in [7, 11) is -14.6. The van der Waals surface area contributed by atoms with E-state index in [0.717, 1.165) is 0 Å². The first-order valence-corrected chi connectivity index (χ1v) is 13.9. The number of hydrogen-bond acceptors (Lipinski definition) is 11. The fourth-order valence-electron chi connectivity index (χ4n) is 3.82. The van der Waals surface area contributed by atoms with E-state index in [9.17, 15) is 28.6 Å². The zero-order valence-electron chi connectivity index (χ0n) is 17.5. The van der Waals surface area contributed by atoms with Gasteiger partial charge >= 0.3 is 23.5 Å². The van der Waals surface area contributed by atoms with Gasteiger partial charge in [-0.2, -0.15) is 8.62 Å². The van der Waals surface area contributed by atoms with Crippen LogP contribution in [0.5, 0.6) is 0 Å². The van der Waals surface area contributed by atoms with Crippen LogP contribution in [0.2, 0.25) is 0 Å². The molecule has 0 spiro atoms. The van der Waals surface area contributed by atoms with Gasteiger partial charge in [0, 0.05) is 19.5 Å². The number of nitrogens with one attached hydrogen (secondary N) is 1. The van der Waals surface area contributed by atoms with Gasteiger partial charge in [-0.1, -0.05) is 6.92 Å². The van der Waals surface area contributed by atoms with Crippen molar-refractivity contribution < 1.29 is 51.5 Å². The summed E-state index contributed by atoms with van der Waals surface area (Å²) in [6, 6.07) is 0. The molecule has 1 fully saturated rings. The fourth-order valence-corrected chi connectivity index (χ4v) is 6.99. The standard InChI is InChI=1S/C14H24N5O11P3/c1-14(6-28-32(24,25)30-33(26,27)29-31(21,22)23)3-9(10(20)4-14)5-19-8-18-11-12(15-2)16-7-17-13(11)19/h7-10,20H,3-6H2,1-2H3,(H,24,25)(H,26,27)(H,15,16,17)(H2,21,22,23)/t9-,10+,14-/m0/s1. The first-order chi connectivity index (χ1) is 15.1. The highest BCUT2D eigenvalue weighted by Gasteiger charge is 2.45. The molecule has 1 saturated carbocycles. The van der Waals surface area contributed by atoms with Crippen molar-refractivity contribution in [3.05, 3.63) is 12.7 Å². The lowest BCUT2D eigenvalue weighted by molar-refractivity contribution is 0.0961. The highest BCUT2D eigenvalue weighted by molar-refractivity contribution is 7.66. The lowest BCUT2D eigenvalue weighted by Crippen LogP contribution is -2.20. The molecule has 2 unspecified atom stereocenters. The predicted molar refractivity (Wildman–Crippen MR) is 112 cm³/mol. The Kier molecular flexibility index (Phi) is 7.50. The highest BCUT2D eigenvalue weighted by Crippen LogP contribution is 2.66. The minimum absolute atomic E-state index is 0.177. The van der Waals surface area contributed by atoms with E-state index in [4.69, 9.17) is 14.3 Å². The minimum atomic E-state index is -5.59. The van der Waals surface area contributed by atoms with Crippen molar-refractivity contribution in [3.8, 4) is 0 Å². The van der Waals surface area contributed by atoms with E-state index in [1.54, 1.807) is 24.9 Å². The molecular formula is C14H24N5O11P3. The second kappa shape index (κ2) is 9.40. The number of fused-ring (bicyclic) bond motifs is 1. The number of rotatable bonds is 10. The van der Waals surface area contributed by atoms with Gasteiger partial charge in [-0.25, -0.2) is 28.6 Å². The maximum atomic E-state index is 12.0. The number of nitrogens with zero attached hydrogens (tertiary/aromatic N) is 4. The maximum Gasteiger partial charge on any atom is 0.490 e. The summed E-state index contributed by atoms with van der Waals surface area (Å²) >= 11 is 0. The van der Waals surface area contributed by atoms with Gasteiger partial charge in [-0.15, -0.1) is 0 Å². The molecule has 2 heterocycles. The van der Waals surface area contributed by atoms with Crippen molar-refractivity contribution in [1.82, 2.24) is 19.5 Å². The largest absolute Gasteiger partial charge is 0.490 e. The third kappa shape index (κ3) is 6.87. The number of aromatic nitrogens is 4. The molecule has 6 N–H and O–H groups in total. The van der Waals surface area contributed by atoms with Gasteiger partial charge in [-0.3, -0.25) is 4.52 Å². The van der Waals surface area contributed by atoms with Crippen molar-refractivity contribution >= 4 is 40.4 Å². The van der Waals surface area contributed by atoms with Crippen LogP contribution >= 0.6 is 23.5 Å². The second-order valence-corrected chi connectivity index (χ2v) is 12.4. The summed E-state index contributed by atoms with van der Waals surface area (Å²) in [5.74, 6) is 0.247. The van der Waals surface area contributed by atoms with Gasteiger partial charge in [0.05, 0.1) is 19.0 Å². The lowest BCUT2D eigenvalue weighted by atomic mass is 9.89. The van der Waals surface area contributed by atoms with E-state index in [1.807, 2.05) is 0 Å². The van der Waals surface area contributed by atoms with Crippen molar-refractivity contribution in [2.24, 2.45) is 11.3 Å². The van der Waals surface area contributed by atoms with Crippen LogP contribution in [-0.4, -0.2) is 64.0 Å². The number of hydrogen-bond donors (Lipinski definition) is 6. The Balaban J connectivity index is 1.64. The number of imidazole rings is 1. The Labute approximate surface area is 187 Å². The highest BCUT2D eigenvalue weighted by atomic mass is 31.3. The molecule has 0 amide bonds. The molecule has 186 valence electrons. The third-order valence-electron chi connectivity index (χ3n) is 5.06. The van der Waals surface area contributed by atoms with Crippen LogP contribution < -0.4 is 5.32 Å². The van der Waals surface area contributed by atoms with Crippen molar-refractivity contribution in [2.75, 3.05) is 19.0 Å². The van der Waals surface area contributed by atoms with E-state index < -0.39 is 41.6 Å². The second-order valence-electron chi connectivity index (χ2n) is 7.95.